The number of hydrogen-bond acceptors (Lipinski definition) is 6. The second-order valence-electron chi connectivity index (χ2n) is 7.28. The Morgan fingerprint density at radius 3 is 2.68 bits per heavy atom. The summed E-state index contributed by atoms with van der Waals surface area (Å²) in [7, 11) is 4.06. The number of hydrogen-bond donors (Lipinski definition) is 0. The third kappa shape index (κ3) is 4.11. The van der Waals surface area contributed by atoms with Gasteiger partial charge in [0.1, 0.15) is 5.82 Å². The van der Waals surface area contributed by atoms with E-state index in [2.05, 4.69) is 61.7 Å². The Morgan fingerprint density at radius 2 is 1.93 bits per heavy atom. The van der Waals surface area contributed by atoms with Crippen LogP contribution < -0.4 is 4.90 Å². The van der Waals surface area contributed by atoms with Crippen LogP contribution in [0.1, 0.15) is 5.69 Å². The lowest BCUT2D eigenvalue weighted by Gasteiger charge is -2.26. The van der Waals surface area contributed by atoms with E-state index in [-0.39, 0.29) is 0 Å². The molecule has 3 heterocycles. The van der Waals surface area contributed by atoms with E-state index in [1.165, 1.54) is 10.4 Å². The van der Waals surface area contributed by atoms with E-state index < -0.39 is 0 Å². The van der Waals surface area contributed by atoms with Crippen molar-refractivity contribution in [3.63, 3.8) is 0 Å². The Labute approximate surface area is 170 Å². The van der Waals surface area contributed by atoms with Gasteiger partial charge in [-0.3, -0.25) is 4.90 Å². The molecule has 0 bridgehead atoms. The first-order valence-electron chi connectivity index (χ1n) is 9.68. The van der Waals surface area contributed by atoms with Crippen LogP contribution >= 0.6 is 11.3 Å². The molecule has 0 N–H and O–H groups in total. The molecule has 0 aliphatic carbocycles. The normalized spacial score (nSPS) is 15.1. The average molecular weight is 398 g/mol. The maximum Gasteiger partial charge on any atom is 0.185 e. The van der Waals surface area contributed by atoms with E-state index in [9.17, 15) is 0 Å². The SMILES string of the molecule is Cc1nc(N(C)C)sc1-c1cccc(-c2nccn2CCN2CCOCC2)c1. The van der Waals surface area contributed by atoms with Crippen molar-refractivity contribution in [1.82, 2.24) is 19.4 Å². The summed E-state index contributed by atoms with van der Waals surface area (Å²) in [5, 5.41) is 1.03. The summed E-state index contributed by atoms with van der Waals surface area (Å²) in [4.78, 5) is 15.1. The van der Waals surface area contributed by atoms with Crippen LogP contribution in [0.5, 0.6) is 0 Å². The molecule has 1 aromatic carbocycles. The molecule has 0 amide bonds. The van der Waals surface area contributed by atoms with E-state index in [0.29, 0.717) is 0 Å². The zero-order valence-corrected chi connectivity index (χ0v) is 17.6. The van der Waals surface area contributed by atoms with Crippen LogP contribution in [0.3, 0.4) is 0 Å². The Morgan fingerprint density at radius 1 is 1.14 bits per heavy atom. The standard InChI is InChI=1S/C21H27N5OS/c1-16-19(28-21(23-16)24(2)3)17-5-4-6-18(15-17)20-22-7-8-26(20)10-9-25-11-13-27-14-12-25/h4-8,15H,9-14H2,1-3H3. The molecule has 0 atom stereocenters. The molecule has 0 saturated carbocycles. The number of benzene rings is 1. The fourth-order valence-electron chi connectivity index (χ4n) is 3.46. The van der Waals surface area contributed by atoms with Crippen LogP contribution in [0.15, 0.2) is 36.7 Å². The van der Waals surface area contributed by atoms with Crippen LogP contribution in [-0.2, 0) is 11.3 Å². The number of ether oxygens (including phenoxy) is 1. The summed E-state index contributed by atoms with van der Waals surface area (Å²) in [5.74, 6) is 1.02. The molecule has 28 heavy (non-hydrogen) atoms. The van der Waals surface area contributed by atoms with Gasteiger partial charge in [-0.25, -0.2) is 9.97 Å². The van der Waals surface area contributed by atoms with Crippen LogP contribution in [0.25, 0.3) is 21.8 Å². The third-order valence-electron chi connectivity index (χ3n) is 5.03. The van der Waals surface area contributed by atoms with Crippen molar-refractivity contribution in [2.75, 3.05) is 51.8 Å². The molecule has 0 radical (unpaired) electrons. The van der Waals surface area contributed by atoms with Crippen molar-refractivity contribution in [3.8, 4) is 21.8 Å². The summed E-state index contributed by atoms with van der Waals surface area (Å²) >= 11 is 1.73. The van der Waals surface area contributed by atoms with E-state index in [1.807, 2.05) is 20.3 Å². The monoisotopic (exact) mass is 397 g/mol. The van der Waals surface area contributed by atoms with Gasteiger partial charge < -0.3 is 14.2 Å². The molecular formula is C21H27N5OS. The highest BCUT2D eigenvalue weighted by Gasteiger charge is 2.14. The summed E-state index contributed by atoms with van der Waals surface area (Å²) in [6.07, 6.45) is 3.97. The van der Waals surface area contributed by atoms with Gasteiger partial charge in [-0.1, -0.05) is 29.5 Å². The number of morpholine rings is 1. The lowest BCUT2D eigenvalue weighted by atomic mass is 10.1. The lowest BCUT2D eigenvalue weighted by molar-refractivity contribution is 0.0364. The van der Waals surface area contributed by atoms with Gasteiger partial charge in [0.15, 0.2) is 5.13 Å². The van der Waals surface area contributed by atoms with Crippen molar-refractivity contribution in [2.24, 2.45) is 0 Å². The van der Waals surface area contributed by atoms with Gasteiger partial charge >= 0.3 is 0 Å². The van der Waals surface area contributed by atoms with Crippen molar-refractivity contribution in [3.05, 3.63) is 42.4 Å². The molecule has 1 aliphatic heterocycles. The molecule has 1 aliphatic rings. The van der Waals surface area contributed by atoms with Crippen LogP contribution in [-0.4, -0.2) is 66.4 Å². The van der Waals surface area contributed by atoms with Gasteiger partial charge in [0.25, 0.3) is 0 Å². The molecule has 6 nitrogen and oxygen atoms in total. The minimum absolute atomic E-state index is 0.835. The van der Waals surface area contributed by atoms with E-state index >= 15 is 0 Å². The average Bonchev–Trinajstić information content (AvgIpc) is 3.34. The minimum atomic E-state index is 0.835. The molecule has 4 rings (SSSR count). The molecular weight excluding hydrogens is 370 g/mol. The summed E-state index contributed by atoms with van der Waals surface area (Å²) in [6.45, 7) is 7.73. The first kappa shape index (κ1) is 19.1. The fourth-order valence-corrected chi connectivity index (χ4v) is 4.45. The number of aromatic nitrogens is 3. The van der Waals surface area contributed by atoms with E-state index in [1.54, 1.807) is 11.3 Å². The molecule has 0 unspecified atom stereocenters. The Bertz CT molecular complexity index is 927. The van der Waals surface area contributed by atoms with Gasteiger partial charge in [0.05, 0.1) is 23.8 Å². The highest BCUT2D eigenvalue weighted by molar-refractivity contribution is 7.19. The summed E-state index contributed by atoms with van der Waals surface area (Å²) < 4.78 is 7.69. The molecule has 1 saturated heterocycles. The smallest absolute Gasteiger partial charge is 0.185 e. The number of nitrogens with zero attached hydrogens (tertiary/aromatic N) is 5. The van der Waals surface area contributed by atoms with Gasteiger partial charge in [0.2, 0.25) is 0 Å². The highest BCUT2D eigenvalue weighted by Crippen LogP contribution is 2.35. The number of thiazole rings is 1. The molecule has 3 aromatic rings. The van der Waals surface area contributed by atoms with E-state index in [4.69, 9.17) is 4.74 Å². The summed E-state index contributed by atoms with van der Waals surface area (Å²) in [6, 6.07) is 8.64. The van der Waals surface area contributed by atoms with Crippen molar-refractivity contribution < 1.29 is 4.74 Å². The third-order valence-corrected chi connectivity index (χ3v) is 6.40. The number of anilines is 1. The molecule has 0 spiro atoms. The zero-order chi connectivity index (χ0) is 19.5. The lowest BCUT2D eigenvalue weighted by Crippen LogP contribution is -2.38. The van der Waals surface area contributed by atoms with Gasteiger partial charge in [-0.05, 0) is 18.6 Å². The number of rotatable bonds is 6. The minimum Gasteiger partial charge on any atom is -0.379 e. The summed E-state index contributed by atoms with van der Waals surface area (Å²) in [5.41, 5.74) is 3.41. The molecule has 148 valence electrons. The maximum atomic E-state index is 5.44. The van der Waals surface area contributed by atoms with Crippen LogP contribution in [0.2, 0.25) is 0 Å². The second kappa shape index (κ2) is 8.43. The topological polar surface area (TPSA) is 46.4 Å². The van der Waals surface area contributed by atoms with Gasteiger partial charge in [-0.2, -0.15) is 0 Å². The number of imidazole rings is 1. The van der Waals surface area contributed by atoms with E-state index in [0.717, 1.165) is 61.6 Å². The van der Waals surface area contributed by atoms with Crippen molar-refractivity contribution in [2.45, 2.75) is 13.5 Å². The molecule has 7 heteroatoms. The highest BCUT2D eigenvalue weighted by atomic mass is 32.1. The Hall–Kier alpha value is -2.22. The number of aryl methyl sites for hydroxylation is 1. The fraction of sp³-hybridized carbons (Fsp3) is 0.429. The first-order valence-corrected chi connectivity index (χ1v) is 10.5. The first-order chi connectivity index (χ1) is 13.6. The quantitative estimate of drug-likeness (QED) is 0.638. The van der Waals surface area contributed by atoms with Crippen molar-refractivity contribution >= 4 is 16.5 Å². The van der Waals surface area contributed by atoms with Crippen LogP contribution in [0.4, 0.5) is 5.13 Å². The van der Waals surface area contributed by atoms with Crippen LogP contribution in [0, 0.1) is 6.92 Å². The van der Waals surface area contributed by atoms with Gasteiger partial charge in [0, 0.05) is 58.2 Å². The largest absolute Gasteiger partial charge is 0.379 e. The maximum absolute atomic E-state index is 5.44. The Balaban J connectivity index is 1.56. The zero-order valence-electron chi connectivity index (χ0n) is 16.8. The van der Waals surface area contributed by atoms with Gasteiger partial charge in [-0.15, -0.1) is 0 Å². The molecule has 1 fully saturated rings. The van der Waals surface area contributed by atoms with Crippen molar-refractivity contribution in [1.29, 1.82) is 0 Å². The predicted octanol–water partition coefficient (Wildman–Crippen LogP) is 3.38. The second-order valence-corrected chi connectivity index (χ2v) is 8.26. The predicted molar refractivity (Wildman–Crippen MR) is 115 cm³/mol. The Kier molecular flexibility index (Phi) is 5.75. The molecule has 2 aromatic heterocycles.